The van der Waals surface area contributed by atoms with Crippen molar-refractivity contribution < 1.29 is 4.79 Å². The highest BCUT2D eigenvalue weighted by Gasteiger charge is 2.19. The van der Waals surface area contributed by atoms with Gasteiger partial charge in [0.2, 0.25) is 0 Å². The molecule has 1 aromatic rings. The van der Waals surface area contributed by atoms with Crippen LogP contribution in [0.5, 0.6) is 0 Å². The SMILES string of the molecule is Cn1cncc1CNC(=O)N1CCC1. The number of urea groups is 1. The van der Waals surface area contributed by atoms with Crippen molar-refractivity contribution in [2.75, 3.05) is 13.1 Å². The Labute approximate surface area is 82.7 Å². The van der Waals surface area contributed by atoms with E-state index in [0.29, 0.717) is 6.54 Å². The van der Waals surface area contributed by atoms with Gasteiger partial charge in [-0.15, -0.1) is 0 Å². The summed E-state index contributed by atoms with van der Waals surface area (Å²) in [7, 11) is 1.91. The summed E-state index contributed by atoms with van der Waals surface area (Å²) >= 11 is 0. The first kappa shape index (κ1) is 9.05. The predicted octanol–water partition coefficient (Wildman–Crippen LogP) is 0.335. The first-order valence-corrected chi connectivity index (χ1v) is 4.75. The molecule has 0 bridgehead atoms. The number of rotatable bonds is 2. The largest absolute Gasteiger partial charge is 0.336 e. The third-order valence-corrected chi connectivity index (χ3v) is 2.48. The molecule has 5 nitrogen and oxygen atoms in total. The molecule has 1 saturated heterocycles. The topological polar surface area (TPSA) is 50.2 Å². The Morgan fingerprint density at radius 2 is 2.43 bits per heavy atom. The van der Waals surface area contributed by atoms with Crippen molar-refractivity contribution in [3.63, 3.8) is 0 Å². The number of hydrogen-bond acceptors (Lipinski definition) is 2. The maximum Gasteiger partial charge on any atom is 0.317 e. The van der Waals surface area contributed by atoms with Gasteiger partial charge in [-0.1, -0.05) is 0 Å². The summed E-state index contributed by atoms with van der Waals surface area (Å²) in [4.78, 5) is 17.2. The zero-order valence-electron chi connectivity index (χ0n) is 8.23. The van der Waals surface area contributed by atoms with Crippen LogP contribution in [0.25, 0.3) is 0 Å². The second kappa shape index (κ2) is 3.69. The lowest BCUT2D eigenvalue weighted by Gasteiger charge is -2.30. The summed E-state index contributed by atoms with van der Waals surface area (Å²) in [5.41, 5.74) is 1.01. The number of likely N-dealkylation sites (tertiary alicyclic amines) is 1. The minimum Gasteiger partial charge on any atom is -0.336 e. The molecule has 1 fully saturated rings. The van der Waals surface area contributed by atoms with E-state index in [9.17, 15) is 4.79 Å². The van der Waals surface area contributed by atoms with Gasteiger partial charge in [0.05, 0.1) is 18.6 Å². The molecule has 0 aliphatic carbocycles. The van der Waals surface area contributed by atoms with Gasteiger partial charge in [0.1, 0.15) is 0 Å². The van der Waals surface area contributed by atoms with Gasteiger partial charge in [0.15, 0.2) is 0 Å². The molecule has 76 valence electrons. The van der Waals surface area contributed by atoms with Crippen LogP contribution in [0.4, 0.5) is 4.79 Å². The van der Waals surface area contributed by atoms with Gasteiger partial charge in [0.25, 0.3) is 0 Å². The van der Waals surface area contributed by atoms with Crippen LogP contribution < -0.4 is 5.32 Å². The highest BCUT2D eigenvalue weighted by molar-refractivity contribution is 5.74. The lowest BCUT2D eigenvalue weighted by molar-refractivity contribution is 0.167. The van der Waals surface area contributed by atoms with Gasteiger partial charge in [-0.3, -0.25) is 0 Å². The average molecular weight is 194 g/mol. The highest BCUT2D eigenvalue weighted by atomic mass is 16.2. The molecule has 1 N–H and O–H groups in total. The lowest BCUT2D eigenvalue weighted by Crippen LogP contribution is -2.47. The van der Waals surface area contributed by atoms with E-state index in [1.54, 1.807) is 17.4 Å². The first-order chi connectivity index (χ1) is 6.77. The minimum atomic E-state index is 0.0254. The monoisotopic (exact) mass is 194 g/mol. The van der Waals surface area contributed by atoms with Crippen LogP contribution in [0.2, 0.25) is 0 Å². The van der Waals surface area contributed by atoms with E-state index in [-0.39, 0.29) is 6.03 Å². The first-order valence-electron chi connectivity index (χ1n) is 4.75. The van der Waals surface area contributed by atoms with Crippen molar-refractivity contribution in [3.8, 4) is 0 Å². The molecule has 0 atom stereocenters. The number of nitrogens with zero attached hydrogens (tertiary/aromatic N) is 3. The highest BCUT2D eigenvalue weighted by Crippen LogP contribution is 2.05. The molecule has 0 saturated carbocycles. The third-order valence-electron chi connectivity index (χ3n) is 2.48. The Balaban J connectivity index is 1.82. The van der Waals surface area contributed by atoms with Gasteiger partial charge >= 0.3 is 6.03 Å². The Morgan fingerprint density at radius 1 is 1.64 bits per heavy atom. The molecule has 1 aromatic heterocycles. The Morgan fingerprint density at radius 3 is 2.93 bits per heavy atom. The van der Waals surface area contributed by atoms with Gasteiger partial charge < -0.3 is 14.8 Å². The lowest BCUT2D eigenvalue weighted by atomic mass is 10.2. The van der Waals surface area contributed by atoms with E-state index in [1.807, 2.05) is 11.6 Å². The summed E-state index contributed by atoms with van der Waals surface area (Å²) < 4.78 is 1.90. The molecule has 5 heteroatoms. The second-order valence-electron chi connectivity index (χ2n) is 3.50. The van der Waals surface area contributed by atoms with Crippen molar-refractivity contribution in [3.05, 3.63) is 18.2 Å². The summed E-state index contributed by atoms with van der Waals surface area (Å²) in [6, 6.07) is 0.0254. The number of amides is 2. The van der Waals surface area contributed by atoms with E-state index < -0.39 is 0 Å². The summed E-state index contributed by atoms with van der Waals surface area (Å²) in [5, 5.41) is 2.85. The molecular weight excluding hydrogens is 180 g/mol. The number of carbonyl (C=O) groups is 1. The van der Waals surface area contributed by atoms with Crippen LogP contribution in [-0.2, 0) is 13.6 Å². The quantitative estimate of drug-likeness (QED) is 0.737. The number of aryl methyl sites for hydroxylation is 1. The van der Waals surface area contributed by atoms with E-state index in [2.05, 4.69) is 10.3 Å². The molecule has 2 heterocycles. The van der Waals surface area contributed by atoms with Gasteiger partial charge in [0, 0.05) is 26.3 Å². The molecular formula is C9H14N4O. The molecule has 2 rings (SSSR count). The van der Waals surface area contributed by atoms with Crippen LogP contribution in [-0.4, -0.2) is 33.6 Å². The van der Waals surface area contributed by atoms with Gasteiger partial charge in [-0.05, 0) is 6.42 Å². The van der Waals surface area contributed by atoms with Crippen molar-refractivity contribution in [1.29, 1.82) is 0 Å². The number of aromatic nitrogens is 2. The summed E-state index contributed by atoms with van der Waals surface area (Å²) in [6.45, 7) is 2.32. The van der Waals surface area contributed by atoms with E-state index in [4.69, 9.17) is 0 Å². The normalized spacial score (nSPS) is 15.1. The Hall–Kier alpha value is -1.52. The number of nitrogens with one attached hydrogen (secondary N) is 1. The van der Waals surface area contributed by atoms with E-state index in [0.717, 1.165) is 25.2 Å². The Bertz CT molecular complexity index is 329. The van der Waals surface area contributed by atoms with Crippen LogP contribution in [0, 0.1) is 0 Å². The van der Waals surface area contributed by atoms with Crippen molar-refractivity contribution in [2.45, 2.75) is 13.0 Å². The molecule has 2 amide bonds. The fourth-order valence-electron chi connectivity index (χ4n) is 1.35. The summed E-state index contributed by atoms with van der Waals surface area (Å²) in [5.74, 6) is 0. The smallest absolute Gasteiger partial charge is 0.317 e. The van der Waals surface area contributed by atoms with Crippen LogP contribution in [0.3, 0.4) is 0 Å². The maximum atomic E-state index is 11.4. The number of hydrogen-bond donors (Lipinski definition) is 1. The zero-order valence-corrected chi connectivity index (χ0v) is 8.23. The fraction of sp³-hybridized carbons (Fsp3) is 0.556. The molecule has 0 aromatic carbocycles. The van der Waals surface area contributed by atoms with Gasteiger partial charge in [-0.25, -0.2) is 9.78 Å². The van der Waals surface area contributed by atoms with Crippen LogP contribution in [0.15, 0.2) is 12.5 Å². The van der Waals surface area contributed by atoms with Crippen molar-refractivity contribution in [2.24, 2.45) is 7.05 Å². The average Bonchev–Trinajstić information content (AvgIpc) is 2.44. The molecule has 1 aliphatic rings. The summed E-state index contributed by atoms with van der Waals surface area (Å²) in [6.07, 6.45) is 4.61. The Kier molecular flexibility index (Phi) is 2.39. The molecule has 0 unspecified atom stereocenters. The zero-order chi connectivity index (χ0) is 9.97. The van der Waals surface area contributed by atoms with E-state index in [1.165, 1.54) is 0 Å². The molecule has 0 radical (unpaired) electrons. The fourth-order valence-corrected chi connectivity index (χ4v) is 1.35. The van der Waals surface area contributed by atoms with Crippen molar-refractivity contribution in [1.82, 2.24) is 19.8 Å². The standard InChI is InChI=1S/C9H14N4O/c1-12-7-10-5-8(12)6-11-9(14)13-3-2-4-13/h5,7H,2-4,6H2,1H3,(H,11,14). The van der Waals surface area contributed by atoms with Gasteiger partial charge in [-0.2, -0.15) is 0 Å². The van der Waals surface area contributed by atoms with E-state index >= 15 is 0 Å². The molecule has 0 spiro atoms. The number of carbonyl (C=O) groups excluding carboxylic acids is 1. The maximum absolute atomic E-state index is 11.4. The predicted molar refractivity (Wildman–Crippen MR) is 51.6 cm³/mol. The molecule has 14 heavy (non-hydrogen) atoms. The minimum absolute atomic E-state index is 0.0254. The third kappa shape index (κ3) is 1.71. The molecule has 1 aliphatic heterocycles. The van der Waals surface area contributed by atoms with Crippen LogP contribution in [0.1, 0.15) is 12.1 Å². The van der Waals surface area contributed by atoms with Crippen molar-refractivity contribution >= 4 is 6.03 Å². The van der Waals surface area contributed by atoms with Crippen LogP contribution >= 0.6 is 0 Å². The number of imidazole rings is 1. The second-order valence-corrected chi connectivity index (χ2v) is 3.50.